The van der Waals surface area contributed by atoms with Crippen LogP contribution >= 0.6 is 0 Å². The van der Waals surface area contributed by atoms with Crippen molar-refractivity contribution in [2.45, 2.75) is 40.0 Å². The molecule has 0 atom stereocenters. The van der Waals surface area contributed by atoms with Crippen LogP contribution in [0.1, 0.15) is 50.4 Å². The third-order valence-corrected chi connectivity index (χ3v) is 4.48. The van der Waals surface area contributed by atoms with Crippen molar-refractivity contribution >= 4 is 23.2 Å². The third kappa shape index (κ3) is 8.55. The number of ether oxygens (including phenoxy) is 1. The van der Waals surface area contributed by atoms with E-state index >= 15 is 0 Å². The van der Waals surface area contributed by atoms with Crippen molar-refractivity contribution in [3.63, 3.8) is 0 Å². The van der Waals surface area contributed by atoms with Gasteiger partial charge in [-0.2, -0.15) is 0 Å². The van der Waals surface area contributed by atoms with Crippen molar-refractivity contribution in [2.75, 3.05) is 30.3 Å². The number of benzene rings is 2. The van der Waals surface area contributed by atoms with Crippen LogP contribution < -0.4 is 20.7 Å². The molecule has 30 heavy (non-hydrogen) atoms. The van der Waals surface area contributed by atoms with Crippen LogP contribution in [0.2, 0.25) is 0 Å². The van der Waals surface area contributed by atoms with E-state index < -0.39 is 0 Å². The molecule has 0 aromatic heterocycles. The van der Waals surface area contributed by atoms with Gasteiger partial charge in [0.05, 0.1) is 13.2 Å². The van der Waals surface area contributed by atoms with Gasteiger partial charge in [-0.1, -0.05) is 39.3 Å². The Bertz CT molecular complexity index is 821. The van der Waals surface area contributed by atoms with Crippen molar-refractivity contribution in [1.82, 2.24) is 5.32 Å². The molecule has 0 bridgehead atoms. The molecule has 2 aromatic carbocycles. The summed E-state index contributed by atoms with van der Waals surface area (Å²) in [7, 11) is 0. The van der Waals surface area contributed by atoms with E-state index in [1.807, 2.05) is 24.3 Å². The largest absolute Gasteiger partial charge is 0.494 e. The van der Waals surface area contributed by atoms with Crippen LogP contribution in [-0.2, 0) is 4.79 Å². The van der Waals surface area contributed by atoms with Gasteiger partial charge in [-0.25, -0.2) is 0 Å². The molecule has 0 saturated carbocycles. The van der Waals surface area contributed by atoms with Crippen LogP contribution in [0.5, 0.6) is 5.75 Å². The van der Waals surface area contributed by atoms with Gasteiger partial charge in [0.25, 0.3) is 5.91 Å². The summed E-state index contributed by atoms with van der Waals surface area (Å²) in [6.07, 6.45) is 2.96. The van der Waals surface area contributed by atoms with Gasteiger partial charge in [-0.3, -0.25) is 9.59 Å². The standard InChI is InChI=1S/C24H33N3O3/c1-4-5-13-25-24(29)19-8-6-10-21(15-19)27-23(28)17-26-20-9-7-11-22(16-20)30-14-12-18(2)3/h6-11,15-16,18,26H,4-5,12-14,17H2,1-3H3,(H,25,29)(H,27,28). The Morgan fingerprint density at radius 3 is 2.57 bits per heavy atom. The number of rotatable bonds is 12. The van der Waals surface area contributed by atoms with Gasteiger partial charge in [0.1, 0.15) is 5.75 Å². The quantitative estimate of drug-likeness (QED) is 0.443. The maximum atomic E-state index is 12.3. The van der Waals surface area contributed by atoms with Gasteiger partial charge >= 0.3 is 0 Å². The molecule has 6 nitrogen and oxygen atoms in total. The molecule has 0 heterocycles. The minimum absolute atomic E-state index is 0.113. The van der Waals surface area contributed by atoms with Gasteiger partial charge in [0.2, 0.25) is 5.91 Å². The smallest absolute Gasteiger partial charge is 0.251 e. The van der Waals surface area contributed by atoms with E-state index in [4.69, 9.17) is 4.74 Å². The van der Waals surface area contributed by atoms with E-state index in [1.165, 1.54) is 0 Å². The lowest BCUT2D eigenvalue weighted by Gasteiger charge is -2.11. The first-order valence-corrected chi connectivity index (χ1v) is 10.6. The number of hydrogen-bond acceptors (Lipinski definition) is 4. The SMILES string of the molecule is CCCCNC(=O)c1cccc(NC(=O)CNc2cccc(OCCC(C)C)c2)c1. The Balaban J connectivity index is 1.83. The Labute approximate surface area is 179 Å². The first kappa shape index (κ1) is 23.3. The van der Waals surface area contributed by atoms with Crippen LogP contribution in [0.15, 0.2) is 48.5 Å². The van der Waals surface area contributed by atoms with Crippen LogP contribution in [0.25, 0.3) is 0 Å². The van der Waals surface area contributed by atoms with Crippen LogP contribution in [0.4, 0.5) is 11.4 Å². The zero-order valence-corrected chi connectivity index (χ0v) is 18.2. The highest BCUT2D eigenvalue weighted by atomic mass is 16.5. The zero-order chi connectivity index (χ0) is 21.8. The Kier molecular flexibility index (Phi) is 9.71. The molecule has 2 amide bonds. The van der Waals surface area contributed by atoms with Gasteiger partial charge in [0.15, 0.2) is 0 Å². The molecule has 0 spiro atoms. The van der Waals surface area contributed by atoms with E-state index in [0.29, 0.717) is 30.3 Å². The summed E-state index contributed by atoms with van der Waals surface area (Å²) in [5.41, 5.74) is 1.94. The molecule has 0 aliphatic rings. The van der Waals surface area contributed by atoms with Gasteiger partial charge in [-0.15, -0.1) is 0 Å². The normalized spacial score (nSPS) is 10.5. The fraction of sp³-hybridized carbons (Fsp3) is 0.417. The average molecular weight is 412 g/mol. The van der Waals surface area contributed by atoms with E-state index in [2.05, 4.69) is 36.7 Å². The molecule has 0 fully saturated rings. The molecule has 2 rings (SSSR count). The lowest BCUT2D eigenvalue weighted by Crippen LogP contribution is -2.25. The van der Waals surface area contributed by atoms with Crippen molar-refractivity contribution in [3.05, 3.63) is 54.1 Å². The number of carbonyl (C=O) groups is 2. The number of carbonyl (C=O) groups excluding carboxylic acids is 2. The van der Waals surface area contributed by atoms with E-state index in [9.17, 15) is 9.59 Å². The van der Waals surface area contributed by atoms with Crippen molar-refractivity contribution in [3.8, 4) is 5.75 Å². The molecule has 0 unspecified atom stereocenters. The predicted molar refractivity (Wildman–Crippen MR) is 122 cm³/mol. The molecular formula is C24H33N3O3. The molecule has 0 aliphatic heterocycles. The van der Waals surface area contributed by atoms with Gasteiger partial charge < -0.3 is 20.7 Å². The molecule has 2 aromatic rings. The van der Waals surface area contributed by atoms with E-state index in [1.54, 1.807) is 24.3 Å². The summed E-state index contributed by atoms with van der Waals surface area (Å²) in [4.78, 5) is 24.5. The van der Waals surface area contributed by atoms with Crippen molar-refractivity contribution < 1.29 is 14.3 Å². The molecule has 162 valence electrons. The number of unbranched alkanes of at least 4 members (excludes halogenated alkanes) is 1. The second-order valence-corrected chi connectivity index (χ2v) is 7.65. The third-order valence-electron chi connectivity index (χ3n) is 4.48. The Hall–Kier alpha value is -3.02. The monoisotopic (exact) mass is 411 g/mol. The van der Waals surface area contributed by atoms with E-state index in [-0.39, 0.29) is 18.4 Å². The highest BCUT2D eigenvalue weighted by Gasteiger charge is 2.08. The second kappa shape index (κ2) is 12.5. The molecular weight excluding hydrogens is 378 g/mol. The maximum absolute atomic E-state index is 12.3. The van der Waals surface area contributed by atoms with Gasteiger partial charge in [0, 0.05) is 29.5 Å². The first-order valence-electron chi connectivity index (χ1n) is 10.6. The number of amides is 2. The zero-order valence-electron chi connectivity index (χ0n) is 18.2. The summed E-state index contributed by atoms with van der Waals surface area (Å²) < 4.78 is 5.75. The minimum atomic E-state index is -0.190. The summed E-state index contributed by atoms with van der Waals surface area (Å²) in [5.74, 6) is 1.05. The Morgan fingerprint density at radius 2 is 1.80 bits per heavy atom. The predicted octanol–water partition coefficient (Wildman–Crippen LogP) is 4.69. The van der Waals surface area contributed by atoms with Gasteiger partial charge in [-0.05, 0) is 49.1 Å². The Morgan fingerprint density at radius 1 is 1.03 bits per heavy atom. The van der Waals surface area contributed by atoms with Crippen LogP contribution in [0, 0.1) is 5.92 Å². The fourth-order valence-corrected chi connectivity index (χ4v) is 2.71. The molecule has 6 heteroatoms. The topological polar surface area (TPSA) is 79.5 Å². The fourth-order valence-electron chi connectivity index (χ4n) is 2.71. The highest BCUT2D eigenvalue weighted by Crippen LogP contribution is 2.18. The van der Waals surface area contributed by atoms with Crippen LogP contribution in [-0.4, -0.2) is 31.5 Å². The highest BCUT2D eigenvalue weighted by molar-refractivity contribution is 5.98. The molecule has 0 radical (unpaired) electrons. The lowest BCUT2D eigenvalue weighted by atomic mass is 10.1. The van der Waals surface area contributed by atoms with Crippen molar-refractivity contribution in [2.24, 2.45) is 5.92 Å². The summed E-state index contributed by atoms with van der Waals surface area (Å²) in [5, 5.41) is 8.81. The van der Waals surface area contributed by atoms with Crippen LogP contribution in [0.3, 0.4) is 0 Å². The first-order chi connectivity index (χ1) is 14.5. The molecule has 0 saturated heterocycles. The average Bonchev–Trinajstić information content (AvgIpc) is 2.72. The summed E-state index contributed by atoms with van der Waals surface area (Å²) in [6.45, 7) is 7.83. The van der Waals surface area contributed by atoms with Crippen molar-refractivity contribution in [1.29, 1.82) is 0 Å². The summed E-state index contributed by atoms with van der Waals surface area (Å²) in [6, 6.07) is 14.5. The van der Waals surface area contributed by atoms with E-state index in [0.717, 1.165) is 30.7 Å². The molecule has 3 N–H and O–H groups in total. The lowest BCUT2D eigenvalue weighted by molar-refractivity contribution is -0.114. The number of nitrogens with one attached hydrogen (secondary N) is 3. The summed E-state index contributed by atoms with van der Waals surface area (Å²) >= 11 is 0. The molecule has 0 aliphatic carbocycles. The maximum Gasteiger partial charge on any atom is 0.251 e. The number of hydrogen-bond donors (Lipinski definition) is 3. The number of anilines is 2. The second-order valence-electron chi connectivity index (χ2n) is 7.65. The minimum Gasteiger partial charge on any atom is -0.494 e.